The summed E-state index contributed by atoms with van der Waals surface area (Å²) in [6, 6.07) is 7.22. The molecule has 0 amide bonds. The van der Waals surface area contributed by atoms with E-state index in [0.717, 1.165) is 23.7 Å². The van der Waals surface area contributed by atoms with Crippen molar-refractivity contribution < 1.29 is 0 Å². The van der Waals surface area contributed by atoms with Gasteiger partial charge in [-0.15, -0.1) is 0 Å². The molecular formula is C21H26. The Balaban J connectivity index is 1.71. The van der Waals surface area contributed by atoms with Crippen molar-refractivity contribution in [2.45, 2.75) is 63.7 Å². The molecule has 0 N–H and O–H groups in total. The second-order valence-electron chi connectivity index (χ2n) is 7.85. The van der Waals surface area contributed by atoms with Gasteiger partial charge in [0.25, 0.3) is 0 Å². The predicted octanol–water partition coefficient (Wildman–Crippen LogP) is 5.72. The molecule has 0 heteroatoms. The molecule has 4 unspecified atom stereocenters. The summed E-state index contributed by atoms with van der Waals surface area (Å²) in [5.74, 6) is 3.76. The molecule has 0 saturated heterocycles. The number of rotatable bonds is 0. The van der Waals surface area contributed by atoms with Gasteiger partial charge in [0.2, 0.25) is 0 Å². The predicted molar refractivity (Wildman–Crippen MR) is 88.3 cm³/mol. The van der Waals surface area contributed by atoms with Gasteiger partial charge in [0.1, 0.15) is 0 Å². The zero-order chi connectivity index (χ0) is 13.8. The van der Waals surface area contributed by atoms with Gasteiger partial charge in [0.15, 0.2) is 0 Å². The van der Waals surface area contributed by atoms with Crippen molar-refractivity contribution in [2.75, 3.05) is 0 Å². The lowest BCUT2D eigenvalue weighted by Gasteiger charge is -2.41. The van der Waals surface area contributed by atoms with Crippen molar-refractivity contribution in [2.24, 2.45) is 17.8 Å². The first-order chi connectivity index (χ1) is 10.4. The zero-order valence-corrected chi connectivity index (χ0v) is 13.0. The number of hydrogen-bond acceptors (Lipinski definition) is 0. The molecule has 110 valence electrons. The van der Waals surface area contributed by atoms with E-state index in [2.05, 4.69) is 24.3 Å². The third kappa shape index (κ3) is 1.74. The second-order valence-corrected chi connectivity index (χ2v) is 7.85. The van der Waals surface area contributed by atoms with Crippen molar-refractivity contribution >= 4 is 5.57 Å². The first kappa shape index (κ1) is 12.5. The van der Waals surface area contributed by atoms with Crippen LogP contribution in [0.5, 0.6) is 0 Å². The molecule has 5 rings (SSSR count). The summed E-state index contributed by atoms with van der Waals surface area (Å²) in [6.45, 7) is 0. The summed E-state index contributed by atoms with van der Waals surface area (Å²) in [7, 11) is 0. The topological polar surface area (TPSA) is 0 Å². The van der Waals surface area contributed by atoms with Crippen LogP contribution in [-0.2, 0) is 6.42 Å². The lowest BCUT2D eigenvalue weighted by Crippen LogP contribution is -2.31. The van der Waals surface area contributed by atoms with E-state index in [4.69, 9.17) is 0 Å². The average molecular weight is 278 g/mol. The van der Waals surface area contributed by atoms with Crippen molar-refractivity contribution in [3.63, 3.8) is 0 Å². The molecule has 0 heterocycles. The minimum absolute atomic E-state index is 0.878. The third-order valence-electron chi connectivity index (χ3n) is 7.00. The Hall–Kier alpha value is -1.04. The first-order valence-electron chi connectivity index (χ1n) is 9.25. The van der Waals surface area contributed by atoms with Crippen LogP contribution in [0.15, 0.2) is 24.3 Å². The van der Waals surface area contributed by atoms with Crippen LogP contribution in [0.3, 0.4) is 0 Å². The molecular weight excluding hydrogens is 252 g/mol. The quantitative estimate of drug-likeness (QED) is 0.569. The normalized spacial score (nSPS) is 37.0. The Bertz CT molecular complexity index is 594. The highest BCUT2D eigenvalue weighted by Gasteiger charge is 2.44. The largest absolute Gasteiger partial charge is 0.0760 e. The monoisotopic (exact) mass is 278 g/mol. The number of benzene rings is 1. The molecule has 1 aromatic rings. The van der Waals surface area contributed by atoms with Crippen molar-refractivity contribution in [1.29, 1.82) is 0 Å². The fraction of sp³-hybridized carbons (Fsp3) is 0.619. The van der Waals surface area contributed by atoms with Crippen LogP contribution in [0.4, 0.5) is 0 Å². The van der Waals surface area contributed by atoms with E-state index in [1.807, 2.05) is 0 Å². The molecule has 0 bridgehead atoms. The Morgan fingerprint density at radius 3 is 2.33 bits per heavy atom. The molecule has 2 saturated carbocycles. The maximum atomic E-state index is 2.61. The average Bonchev–Trinajstić information content (AvgIpc) is 2.94. The Labute approximate surface area is 128 Å². The molecule has 1 aromatic carbocycles. The van der Waals surface area contributed by atoms with Crippen LogP contribution in [-0.4, -0.2) is 0 Å². The Morgan fingerprint density at radius 1 is 0.762 bits per heavy atom. The highest BCUT2D eigenvalue weighted by molar-refractivity contribution is 5.78. The summed E-state index contributed by atoms with van der Waals surface area (Å²) in [5, 5.41) is 0. The summed E-state index contributed by atoms with van der Waals surface area (Å²) in [6.07, 6.45) is 15.6. The highest BCUT2D eigenvalue weighted by atomic mass is 14.5. The molecule has 0 nitrogen and oxygen atoms in total. The number of fused-ring (bicyclic) bond motifs is 5. The molecule has 2 fully saturated rings. The highest BCUT2D eigenvalue weighted by Crippen LogP contribution is 2.57. The van der Waals surface area contributed by atoms with Gasteiger partial charge in [-0.3, -0.25) is 0 Å². The zero-order valence-electron chi connectivity index (χ0n) is 13.0. The van der Waals surface area contributed by atoms with E-state index in [0.29, 0.717) is 0 Å². The van der Waals surface area contributed by atoms with Gasteiger partial charge in [-0.05, 0) is 78.0 Å². The molecule has 21 heavy (non-hydrogen) atoms. The molecule has 0 aromatic heterocycles. The third-order valence-corrected chi connectivity index (χ3v) is 7.00. The van der Waals surface area contributed by atoms with Gasteiger partial charge in [0.05, 0.1) is 0 Å². The van der Waals surface area contributed by atoms with E-state index >= 15 is 0 Å². The van der Waals surface area contributed by atoms with Crippen LogP contribution >= 0.6 is 0 Å². The van der Waals surface area contributed by atoms with Crippen molar-refractivity contribution in [1.82, 2.24) is 0 Å². The smallest absolute Gasteiger partial charge is 0.00852 e. The molecule has 4 atom stereocenters. The molecule has 0 spiro atoms. The summed E-state index contributed by atoms with van der Waals surface area (Å²) in [5.41, 5.74) is 6.89. The minimum Gasteiger partial charge on any atom is -0.0760 e. The fourth-order valence-corrected chi connectivity index (χ4v) is 6.23. The standard InChI is InChI=1S/C21H26/c1-3-9-17-15(7-1)16-8-2-4-10-18(16)20-13-12-14-6-5-11-19(17)21(14)20/h5-6,11,13,15-18H,1-4,7-10,12H2. The van der Waals surface area contributed by atoms with E-state index in [1.165, 1.54) is 57.8 Å². The SMILES string of the molecule is C1=C2c3c(cccc3C3CCCCC3C3CCCCC23)C1. The molecule has 4 aliphatic rings. The van der Waals surface area contributed by atoms with Crippen LogP contribution in [0, 0.1) is 17.8 Å². The van der Waals surface area contributed by atoms with Gasteiger partial charge >= 0.3 is 0 Å². The van der Waals surface area contributed by atoms with Crippen molar-refractivity contribution in [3.8, 4) is 0 Å². The van der Waals surface area contributed by atoms with Crippen LogP contribution in [0.1, 0.15) is 74.0 Å². The van der Waals surface area contributed by atoms with Gasteiger partial charge in [-0.1, -0.05) is 50.0 Å². The molecule has 4 aliphatic carbocycles. The maximum Gasteiger partial charge on any atom is -0.00852 e. The van der Waals surface area contributed by atoms with Crippen molar-refractivity contribution in [3.05, 3.63) is 41.0 Å². The van der Waals surface area contributed by atoms with Crippen LogP contribution < -0.4 is 0 Å². The van der Waals surface area contributed by atoms with E-state index < -0.39 is 0 Å². The van der Waals surface area contributed by atoms with E-state index in [9.17, 15) is 0 Å². The summed E-state index contributed by atoms with van der Waals surface area (Å²) >= 11 is 0. The first-order valence-corrected chi connectivity index (χ1v) is 9.25. The van der Waals surface area contributed by atoms with Crippen LogP contribution in [0.2, 0.25) is 0 Å². The summed E-state index contributed by atoms with van der Waals surface area (Å²) in [4.78, 5) is 0. The lowest BCUT2D eigenvalue weighted by molar-refractivity contribution is 0.143. The molecule has 0 aliphatic heterocycles. The second kappa shape index (κ2) is 4.73. The van der Waals surface area contributed by atoms with Gasteiger partial charge in [0, 0.05) is 0 Å². The van der Waals surface area contributed by atoms with E-state index in [1.54, 1.807) is 22.3 Å². The molecule has 0 radical (unpaired) electrons. The fourth-order valence-electron chi connectivity index (χ4n) is 6.23. The van der Waals surface area contributed by atoms with Gasteiger partial charge in [-0.25, -0.2) is 0 Å². The number of hydrogen-bond donors (Lipinski definition) is 0. The van der Waals surface area contributed by atoms with Gasteiger partial charge in [-0.2, -0.15) is 0 Å². The Morgan fingerprint density at radius 2 is 1.48 bits per heavy atom. The summed E-state index contributed by atoms with van der Waals surface area (Å²) < 4.78 is 0. The van der Waals surface area contributed by atoms with Gasteiger partial charge < -0.3 is 0 Å². The lowest BCUT2D eigenvalue weighted by atomic mass is 9.63. The van der Waals surface area contributed by atoms with Crippen LogP contribution in [0.25, 0.3) is 5.57 Å². The minimum atomic E-state index is 0.878. The number of allylic oxidation sites excluding steroid dienone is 2. The maximum absolute atomic E-state index is 2.61. The Kier molecular flexibility index (Phi) is 2.81. The van der Waals surface area contributed by atoms with E-state index in [-0.39, 0.29) is 0 Å².